The van der Waals surface area contributed by atoms with E-state index in [1.807, 2.05) is 13.0 Å². The van der Waals surface area contributed by atoms with Crippen molar-refractivity contribution >= 4 is 0 Å². The molecule has 1 N–H and O–H groups in total. The quantitative estimate of drug-likeness (QED) is 0.680. The van der Waals surface area contributed by atoms with E-state index in [4.69, 9.17) is 5.26 Å². The zero-order valence-corrected chi connectivity index (χ0v) is 9.05. The molecule has 1 aliphatic carbocycles. The molecule has 1 fully saturated rings. The Labute approximate surface area is 87.0 Å². The summed E-state index contributed by atoms with van der Waals surface area (Å²) in [5, 5.41) is 12.6. The van der Waals surface area contributed by atoms with Crippen LogP contribution in [-0.4, -0.2) is 11.6 Å². The van der Waals surface area contributed by atoms with E-state index in [1.165, 1.54) is 25.7 Å². The highest BCUT2D eigenvalue weighted by molar-refractivity contribution is 5.06. The van der Waals surface area contributed by atoms with Crippen molar-refractivity contribution < 1.29 is 0 Å². The van der Waals surface area contributed by atoms with Crippen LogP contribution in [-0.2, 0) is 0 Å². The van der Waals surface area contributed by atoms with Gasteiger partial charge in [0.2, 0.25) is 0 Å². The van der Waals surface area contributed by atoms with Crippen LogP contribution in [0.1, 0.15) is 45.4 Å². The smallest absolute Gasteiger partial charge is 0.104 e. The minimum absolute atomic E-state index is 0.358. The molecule has 0 spiro atoms. The molecule has 0 aliphatic heterocycles. The minimum atomic E-state index is -0.358. The van der Waals surface area contributed by atoms with Crippen molar-refractivity contribution in [2.24, 2.45) is 0 Å². The Balaban J connectivity index is 2.43. The number of hydrogen-bond acceptors (Lipinski definition) is 2. The van der Waals surface area contributed by atoms with Gasteiger partial charge in [-0.2, -0.15) is 5.26 Å². The summed E-state index contributed by atoms with van der Waals surface area (Å²) in [7, 11) is 0. The van der Waals surface area contributed by atoms with Gasteiger partial charge in [-0.1, -0.05) is 18.9 Å². The first-order chi connectivity index (χ1) is 6.70. The monoisotopic (exact) mass is 192 g/mol. The highest BCUT2D eigenvalue weighted by atomic mass is 15.0. The molecule has 1 aliphatic rings. The number of nitriles is 1. The average Bonchev–Trinajstić information content (AvgIpc) is 2.67. The van der Waals surface area contributed by atoms with Crippen LogP contribution >= 0.6 is 0 Å². The summed E-state index contributed by atoms with van der Waals surface area (Å²) in [5.41, 5.74) is -0.358. The number of rotatable bonds is 5. The third-order valence-electron chi connectivity index (χ3n) is 2.97. The predicted molar refractivity (Wildman–Crippen MR) is 58.8 cm³/mol. The fraction of sp³-hybridized carbons (Fsp3) is 0.750. The normalized spacial score (nSPS) is 21.4. The van der Waals surface area contributed by atoms with Gasteiger partial charge in [-0.05, 0) is 32.6 Å². The maximum absolute atomic E-state index is 9.13. The van der Waals surface area contributed by atoms with Crippen LogP contribution in [0, 0.1) is 11.3 Å². The number of nitrogens with zero attached hydrogens (tertiary/aromatic N) is 1. The van der Waals surface area contributed by atoms with Crippen molar-refractivity contribution in [3.8, 4) is 6.07 Å². The van der Waals surface area contributed by atoms with Gasteiger partial charge in [-0.15, -0.1) is 6.58 Å². The Morgan fingerprint density at radius 1 is 1.57 bits per heavy atom. The zero-order chi connectivity index (χ0) is 10.4. The van der Waals surface area contributed by atoms with Gasteiger partial charge in [0.05, 0.1) is 6.07 Å². The maximum atomic E-state index is 9.13. The molecule has 14 heavy (non-hydrogen) atoms. The number of hydrogen-bond donors (Lipinski definition) is 1. The molecule has 0 bridgehead atoms. The molecule has 0 radical (unpaired) electrons. The predicted octanol–water partition coefficient (Wildman–Crippen LogP) is 2.77. The fourth-order valence-corrected chi connectivity index (χ4v) is 2.07. The van der Waals surface area contributed by atoms with Crippen LogP contribution in [0.2, 0.25) is 0 Å². The van der Waals surface area contributed by atoms with Crippen LogP contribution in [0.5, 0.6) is 0 Å². The van der Waals surface area contributed by atoms with Crippen LogP contribution < -0.4 is 5.32 Å². The highest BCUT2D eigenvalue weighted by Crippen LogP contribution is 2.22. The largest absolute Gasteiger partial charge is 0.297 e. The molecular formula is C12H20N2. The van der Waals surface area contributed by atoms with Gasteiger partial charge < -0.3 is 0 Å². The molecule has 0 amide bonds. The third-order valence-corrected chi connectivity index (χ3v) is 2.97. The lowest BCUT2D eigenvalue weighted by molar-refractivity contribution is 0.361. The van der Waals surface area contributed by atoms with Crippen molar-refractivity contribution in [3.05, 3.63) is 12.7 Å². The molecule has 0 heterocycles. The van der Waals surface area contributed by atoms with Crippen molar-refractivity contribution in [3.63, 3.8) is 0 Å². The Morgan fingerprint density at radius 2 is 2.21 bits per heavy atom. The second-order valence-corrected chi connectivity index (χ2v) is 4.40. The van der Waals surface area contributed by atoms with E-state index in [0.717, 1.165) is 12.8 Å². The van der Waals surface area contributed by atoms with Crippen LogP contribution in [0.15, 0.2) is 12.7 Å². The topological polar surface area (TPSA) is 35.8 Å². The van der Waals surface area contributed by atoms with Gasteiger partial charge >= 0.3 is 0 Å². The van der Waals surface area contributed by atoms with E-state index in [0.29, 0.717) is 6.04 Å². The zero-order valence-electron chi connectivity index (χ0n) is 9.05. The van der Waals surface area contributed by atoms with Gasteiger partial charge in [-0.25, -0.2) is 0 Å². The van der Waals surface area contributed by atoms with E-state index in [-0.39, 0.29) is 5.54 Å². The molecule has 1 unspecified atom stereocenters. The van der Waals surface area contributed by atoms with Crippen molar-refractivity contribution in [1.29, 1.82) is 5.26 Å². The standard InChI is InChI=1S/C12H20N2/c1-3-4-9-12(2,10-13)14-11-7-5-6-8-11/h3,11,14H,1,4-9H2,2H3. The molecular weight excluding hydrogens is 172 g/mol. The average molecular weight is 192 g/mol. The van der Waals surface area contributed by atoms with Crippen molar-refractivity contribution in [2.75, 3.05) is 0 Å². The minimum Gasteiger partial charge on any atom is -0.297 e. The lowest BCUT2D eigenvalue weighted by atomic mass is 9.96. The van der Waals surface area contributed by atoms with E-state index in [2.05, 4.69) is 18.0 Å². The molecule has 0 saturated heterocycles. The Bertz CT molecular complexity index is 223. The SMILES string of the molecule is C=CCCC(C)(C#N)NC1CCCC1. The van der Waals surface area contributed by atoms with E-state index in [9.17, 15) is 0 Å². The molecule has 1 atom stereocenters. The molecule has 2 heteroatoms. The van der Waals surface area contributed by atoms with Crippen molar-refractivity contribution in [1.82, 2.24) is 5.32 Å². The molecule has 0 aromatic carbocycles. The van der Waals surface area contributed by atoms with E-state index >= 15 is 0 Å². The Morgan fingerprint density at radius 3 is 2.71 bits per heavy atom. The summed E-state index contributed by atoms with van der Waals surface area (Å²) in [6, 6.07) is 2.94. The van der Waals surface area contributed by atoms with Gasteiger partial charge in [0.1, 0.15) is 5.54 Å². The summed E-state index contributed by atoms with van der Waals surface area (Å²) in [4.78, 5) is 0. The van der Waals surface area contributed by atoms with E-state index in [1.54, 1.807) is 0 Å². The summed E-state index contributed by atoms with van der Waals surface area (Å²) in [6.45, 7) is 5.69. The number of nitrogens with one attached hydrogen (secondary N) is 1. The first-order valence-corrected chi connectivity index (χ1v) is 5.50. The maximum Gasteiger partial charge on any atom is 0.104 e. The fourth-order valence-electron chi connectivity index (χ4n) is 2.07. The summed E-state index contributed by atoms with van der Waals surface area (Å²) < 4.78 is 0. The van der Waals surface area contributed by atoms with Crippen LogP contribution in [0.3, 0.4) is 0 Å². The summed E-state index contributed by atoms with van der Waals surface area (Å²) >= 11 is 0. The first kappa shape index (κ1) is 11.3. The second-order valence-electron chi connectivity index (χ2n) is 4.40. The molecule has 1 rings (SSSR count). The van der Waals surface area contributed by atoms with Crippen molar-refractivity contribution in [2.45, 2.75) is 57.0 Å². The third kappa shape index (κ3) is 3.16. The highest BCUT2D eigenvalue weighted by Gasteiger charge is 2.27. The van der Waals surface area contributed by atoms with E-state index < -0.39 is 0 Å². The second kappa shape index (κ2) is 5.17. The summed E-state index contributed by atoms with van der Waals surface area (Å²) in [6.07, 6.45) is 8.72. The van der Waals surface area contributed by atoms with Gasteiger partial charge in [-0.3, -0.25) is 5.32 Å². The Kier molecular flexibility index (Phi) is 4.16. The lowest BCUT2D eigenvalue weighted by Gasteiger charge is -2.26. The molecule has 0 aromatic heterocycles. The molecule has 2 nitrogen and oxygen atoms in total. The van der Waals surface area contributed by atoms with Crippen LogP contribution in [0.4, 0.5) is 0 Å². The lowest BCUT2D eigenvalue weighted by Crippen LogP contribution is -2.46. The van der Waals surface area contributed by atoms with Gasteiger partial charge in [0.15, 0.2) is 0 Å². The molecule has 0 aromatic rings. The number of allylic oxidation sites excluding steroid dienone is 1. The molecule has 78 valence electrons. The van der Waals surface area contributed by atoms with Crippen LogP contribution in [0.25, 0.3) is 0 Å². The Hall–Kier alpha value is -0.810. The first-order valence-electron chi connectivity index (χ1n) is 5.50. The van der Waals surface area contributed by atoms with Gasteiger partial charge in [0.25, 0.3) is 0 Å². The molecule has 1 saturated carbocycles. The summed E-state index contributed by atoms with van der Waals surface area (Å²) in [5.74, 6) is 0. The van der Waals surface area contributed by atoms with Gasteiger partial charge in [0, 0.05) is 6.04 Å².